The first-order chi connectivity index (χ1) is 12.6. The van der Waals surface area contributed by atoms with Crippen LogP contribution in [0.4, 0.5) is 4.79 Å². The van der Waals surface area contributed by atoms with E-state index in [4.69, 9.17) is 10.2 Å². The van der Waals surface area contributed by atoms with Gasteiger partial charge in [0.2, 0.25) is 0 Å². The minimum absolute atomic E-state index is 0.241. The summed E-state index contributed by atoms with van der Waals surface area (Å²) >= 11 is 0. The van der Waals surface area contributed by atoms with E-state index in [1.807, 2.05) is 37.3 Å². The molecule has 1 aromatic heterocycles. The third kappa shape index (κ3) is 3.93. The number of aryl methyl sites for hydroxylation is 1. The highest BCUT2D eigenvalue weighted by molar-refractivity contribution is 6.06. The SMILES string of the molecule is Cc1c(C(=O)NCCc2ccccc2)oc2c1/C(=N/NC(N)=O)CCC2. The van der Waals surface area contributed by atoms with E-state index in [1.54, 1.807) is 0 Å². The second-order valence-electron chi connectivity index (χ2n) is 6.23. The van der Waals surface area contributed by atoms with E-state index < -0.39 is 6.03 Å². The molecule has 0 fully saturated rings. The molecule has 7 heteroatoms. The molecule has 0 bridgehead atoms. The predicted octanol–water partition coefficient (Wildman–Crippen LogP) is 2.27. The Bertz CT molecular complexity index is 840. The number of benzene rings is 1. The zero-order chi connectivity index (χ0) is 18.5. The summed E-state index contributed by atoms with van der Waals surface area (Å²) in [6, 6.07) is 9.25. The lowest BCUT2D eigenvalue weighted by molar-refractivity contribution is 0.0923. The Labute approximate surface area is 151 Å². The lowest BCUT2D eigenvalue weighted by Gasteiger charge is -2.13. The van der Waals surface area contributed by atoms with E-state index in [2.05, 4.69) is 15.8 Å². The fourth-order valence-electron chi connectivity index (χ4n) is 3.16. The molecule has 0 aliphatic heterocycles. The molecule has 0 saturated heterocycles. The van der Waals surface area contributed by atoms with E-state index in [9.17, 15) is 9.59 Å². The second kappa shape index (κ2) is 7.86. The van der Waals surface area contributed by atoms with E-state index in [0.717, 1.165) is 41.7 Å². The summed E-state index contributed by atoms with van der Waals surface area (Å²) in [6.07, 6.45) is 3.03. The summed E-state index contributed by atoms with van der Waals surface area (Å²) in [7, 11) is 0. The molecule has 0 atom stereocenters. The molecule has 1 heterocycles. The molecule has 0 spiro atoms. The fraction of sp³-hybridized carbons (Fsp3) is 0.316. The average Bonchev–Trinajstić information content (AvgIpc) is 2.98. The van der Waals surface area contributed by atoms with Crippen LogP contribution >= 0.6 is 0 Å². The third-order valence-corrected chi connectivity index (χ3v) is 4.38. The highest BCUT2D eigenvalue weighted by atomic mass is 16.4. The maximum atomic E-state index is 12.5. The van der Waals surface area contributed by atoms with Crippen molar-refractivity contribution in [2.75, 3.05) is 6.54 Å². The number of urea groups is 1. The van der Waals surface area contributed by atoms with Crippen molar-refractivity contribution in [1.29, 1.82) is 0 Å². The van der Waals surface area contributed by atoms with Crippen molar-refractivity contribution in [2.24, 2.45) is 10.8 Å². The van der Waals surface area contributed by atoms with Crippen LogP contribution < -0.4 is 16.5 Å². The molecular weight excluding hydrogens is 332 g/mol. The largest absolute Gasteiger partial charge is 0.455 e. The molecule has 1 aromatic carbocycles. The number of amides is 3. The fourth-order valence-corrected chi connectivity index (χ4v) is 3.16. The maximum absolute atomic E-state index is 12.5. The van der Waals surface area contributed by atoms with Crippen molar-refractivity contribution in [2.45, 2.75) is 32.6 Å². The Kier molecular flexibility index (Phi) is 5.36. The number of nitrogens with zero attached hydrogens (tertiary/aromatic N) is 1. The summed E-state index contributed by atoms with van der Waals surface area (Å²) in [5.41, 5.74) is 10.7. The number of primary amides is 1. The number of carbonyl (C=O) groups excluding carboxylic acids is 2. The van der Waals surface area contributed by atoms with Crippen LogP contribution in [0.1, 0.15) is 45.8 Å². The van der Waals surface area contributed by atoms with Crippen molar-refractivity contribution in [1.82, 2.24) is 10.7 Å². The van der Waals surface area contributed by atoms with Gasteiger partial charge in [-0.2, -0.15) is 5.10 Å². The van der Waals surface area contributed by atoms with Crippen LogP contribution in [-0.2, 0) is 12.8 Å². The molecule has 4 N–H and O–H groups in total. The van der Waals surface area contributed by atoms with Gasteiger partial charge in [0, 0.05) is 24.1 Å². The number of furan rings is 1. The van der Waals surface area contributed by atoms with Crippen molar-refractivity contribution >= 4 is 17.6 Å². The number of fused-ring (bicyclic) bond motifs is 1. The summed E-state index contributed by atoms with van der Waals surface area (Å²) in [6.45, 7) is 2.36. The van der Waals surface area contributed by atoms with E-state index in [-0.39, 0.29) is 5.91 Å². The minimum atomic E-state index is -0.718. The quantitative estimate of drug-likeness (QED) is 0.716. The van der Waals surface area contributed by atoms with Gasteiger partial charge in [0.1, 0.15) is 5.76 Å². The topological polar surface area (TPSA) is 110 Å². The van der Waals surface area contributed by atoms with E-state index in [0.29, 0.717) is 24.4 Å². The Morgan fingerprint density at radius 2 is 2.00 bits per heavy atom. The van der Waals surface area contributed by atoms with E-state index >= 15 is 0 Å². The second-order valence-corrected chi connectivity index (χ2v) is 6.23. The van der Waals surface area contributed by atoms with Gasteiger partial charge in [-0.1, -0.05) is 30.3 Å². The average molecular weight is 354 g/mol. The van der Waals surface area contributed by atoms with Gasteiger partial charge < -0.3 is 15.5 Å². The van der Waals surface area contributed by atoms with Crippen molar-refractivity contribution in [3.05, 3.63) is 58.5 Å². The van der Waals surface area contributed by atoms with Crippen LogP contribution in [0.5, 0.6) is 0 Å². The van der Waals surface area contributed by atoms with Crippen LogP contribution in [0.2, 0.25) is 0 Å². The van der Waals surface area contributed by atoms with Crippen LogP contribution in [0.3, 0.4) is 0 Å². The Morgan fingerprint density at radius 1 is 1.23 bits per heavy atom. The molecule has 0 radical (unpaired) electrons. The molecule has 3 amide bonds. The molecule has 7 nitrogen and oxygen atoms in total. The first kappa shape index (κ1) is 17.7. The minimum Gasteiger partial charge on any atom is -0.455 e. The van der Waals surface area contributed by atoms with Gasteiger partial charge in [0.05, 0.1) is 5.71 Å². The lowest BCUT2D eigenvalue weighted by atomic mass is 9.93. The van der Waals surface area contributed by atoms with Gasteiger partial charge in [-0.3, -0.25) is 4.79 Å². The monoisotopic (exact) mass is 354 g/mol. The molecule has 1 aliphatic carbocycles. The van der Waals surface area contributed by atoms with Crippen molar-refractivity contribution in [3.8, 4) is 0 Å². The summed E-state index contributed by atoms with van der Waals surface area (Å²) < 4.78 is 5.80. The molecule has 136 valence electrons. The number of nitrogens with two attached hydrogens (primary N) is 1. The molecule has 2 aromatic rings. The zero-order valence-electron chi connectivity index (χ0n) is 14.7. The summed E-state index contributed by atoms with van der Waals surface area (Å²) in [4.78, 5) is 23.4. The lowest BCUT2D eigenvalue weighted by Crippen LogP contribution is -2.27. The zero-order valence-corrected chi connectivity index (χ0v) is 14.7. The molecule has 26 heavy (non-hydrogen) atoms. The van der Waals surface area contributed by atoms with Gasteiger partial charge in [-0.05, 0) is 31.7 Å². The molecule has 0 saturated carbocycles. The Morgan fingerprint density at radius 3 is 2.73 bits per heavy atom. The van der Waals surface area contributed by atoms with Gasteiger partial charge in [-0.15, -0.1) is 0 Å². The van der Waals surface area contributed by atoms with E-state index in [1.165, 1.54) is 0 Å². The van der Waals surface area contributed by atoms with Crippen LogP contribution in [0, 0.1) is 6.92 Å². The van der Waals surface area contributed by atoms with Crippen LogP contribution in [0.25, 0.3) is 0 Å². The molecule has 1 aliphatic rings. The molecule has 0 unspecified atom stereocenters. The first-order valence-corrected chi connectivity index (χ1v) is 8.63. The van der Waals surface area contributed by atoms with Gasteiger partial charge >= 0.3 is 6.03 Å². The number of hydrogen-bond donors (Lipinski definition) is 3. The smallest absolute Gasteiger partial charge is 0.332 e. The van der Waals surface area contributed by atoms with Gasteiger partial charge in [-0.25, -0.2) is 10.2 Å². The first-order valence-electron chi connectivity index (χ1n) is 8.63. The number of rotatable bonds is 5. The van der Waals surface area contributed by atoms with Crippen molar-refractivity contribution < 1.29 is 14.0 Å². The summed E-state index contributed by atoms with van der Waals surface area (Å²) in [5.74, 6) is 0.791. The van der Waals surface area contributed by atoms with Crippen molar-refractivity contribution in [3.63, 3.8) is 0 Å². The van der Waals surface area contributed by atoms with Gasteiger partial charge in [0.15, 0.2) is 5.76 Å². The standard InChI is InChI=1S/C19H22N4O3/c1-12-16-14(22-23-19(20)25)8-5-9-15(16)26-17(12)18(24)21-11-10-13-6-3-2-4-7-13/h2-4,6-7H,5,8-11H2,1H3,(H,21,24)(H3,20,23,25)/b22-14+. The Balaban J connectivity index is 1.72. The third-order valence-electron chi connectivity index (χ3n) is 4.38. The summed E-state index contributed by atoms with van der Waals surface area (Å²) in [5, 5.41) is 6.96. The van der Waals surface area contributed by atoms with Crippen LogP contribution in [0.15, 0.2) is 39.9 Å². The molecular formula is C19H22N4O3. The number of carbonyl (C=O) groups is 2. The number of hydrazone groups is 1. The highest BCUT2D eigenvalue weighted by Gasteiger charge is 2.27. The van der Waals surface area contributed by atoms with Gasteiger partial charge in [0.25, 0.3) is 5.91 Å². The van der Waals surface area contributed by atoms with Crippen LogP contribution in [-0.4, -0.2) is 24.2 Å². The predicted molar refractivity (Wildman–Crippen MR) is 98.1 cm³/mol. The maximum Gasteiger partial charge on any atom is 0.332 e. The number of hydrogen-bond acceptors (Lipinski definition) is 4. The number of nitrogens with one attached hydrogen (secondary N) is 2. The Hall–Kier alpha value is -3.09. The highest BCUT2D eigenvalue weighted by Crippen LogP contribution is 2.29. The molecule has 3 rings (SSSR count). The normalized spacial score (nSPS) is 14.7.